The van der Waals surface area contributed by atoms with Gasteiger partial charge in [-0.1, -0.05) is 23.8 Å². The highest BCUT2D eigenvalue weighted by Gasteiger charge is 2.09. The molecule has 1 aliphatic heterocycles. The maximum Gasteiger partial charge on any atom is 0.252 e. The van der Waals surface area contributed by atoms with Crippen molar-refractivity contribution >= 4 is 28.5 Å². The van der Waals surface area contributed by atoms with Crippen LogP contribution in [0.1, 0.15) is 16.8 Å². The Morgan fingerprint density at radius 2 is 2.24 bits per heavy atom. The van der Waals surface area contributed by atoms with E-state index in [0.717, 1.165) is 28.6 Å². The summed E-state index contributed by atoms with van der Waals surface area (Å²) in [6.45, 7) is 2.57. The number of nitrogens with one attached hydrogen (secondary N) is 2. The van der Waals surface area contributed by atoms with E-state index in [9.17, 15) is 4.79 Å². The SMILES string of the molecule is O=C(NCC1=CCNCC1)c1ccccc1I. The number of hydrogen-bond acceptors (Lipinski definition) is 2. The third-order valence-corrected chi connectivity index (χ3v) is 3.69. The van der Waals surface area contributed by atoms with Crippen LogP contribution >= 0.6 is 22.6 Å². The Morgan fingerprint density at radius 3 is 2.94 bits per heavy atom. The van der Waals surface area contributed by atoms with Gasteiger partial charge in [0.05, 0.1) is 5.56 Å². The van der Waals surface area contributed by atoms with E-state index in [2.05, 4.69) is 39.3 Å². The van der Waals surface area contributed by atoms with Gasteiger partial charge in [0.2, 0.25) is 0 Å². The summed E-state index contributed by atoms with van der Waals surface area (Å²) < 4.78 is 0.988. The van der Waals surface area contributed by atoms with Crippen LogP contribution in [0.4, 0.5) is 0 Å². The van der Waals surface area contributed by atoms with Gasteiger partial charge in [-0.15, -0.1) is 0 Å². The summed E-state index contributed by atoms with van der Waals surface area (Å²) in [5, 5.41) is 6.22. The first kappa shape index (κ1) is 12.6. The molecule has 0 radical (unpaired) electrons. The summed E-state index contributed by atoms with van der Waals surface area (Å²) in [6, 6.07) is 7.63. The van der Waals surface area contributed by atoms with Gasteiger partial charge in [0.25, 0.3) is 5.91 Å². The van der Waals surface area contributed by atoms with E-state index in [4.69, 9.17) is 0 Å². The molecule has 0 saturated carbocycles. The molecule has 4 heteroatoms. The predicted octanol–water partition coefficient (Wildman–Crippen LogP) is 1.94. The fraction of sp³-hybridized carbons (Fsp3) is 0.308. The van der Waals surface area contributed by atoms with Crippen LogP contribution in [-0.2, 0) is 0 Å². The highest BCUT2D eigenvalue weighted by Crippen LogP contribution is 2.11. The Labute approximate surface area is 115 Å². The van der Waals surface area contributed by atoms with Crippen LogP contribution in [-0.4, -0.2) is 25.5 Å². The van der Waals surface area contributed by atoms with Crippen molar-refractivity contribution in [2.24, 2.45) is 0 Å². The average Bonchev–Trinajstić information content (AvgIpc) is 2.38. The number of carbonyl (C=O) groups excluding carboxylic acids is 1. The van der Waals surface area contributed by atoms with Crippen LogP contribution in [0.5, 0.6) is 0 Å². The van der Waals surface area contributed by atoms with Crippen molar-refractivity contribution in [2.45, 2.75) is 6.42 Å². The van der Waals surface area contributed by atoms with Gasteiger partial charge in [-0.3, -0.25) is 4.79 Å². The molecular weight excluding hydrogens is 327 g/mol. The zero-order valence-corrected chi connectivity index (χ0v) is 11.7. The topological polar surface area (TPSA) is 41.1 Å². The first-order valence-electron chi connectivity index (χ1n) is 5.69. The van der Waals surface area contributed by atoms with Crippen molar-refractivity contribution in [3.63, 3.8) is 0 Å². The van der Waals surface area contributed by atoms with Crippen molar-refractivity contribution in [2.75, 3.05) is 19.6 Å². The lowest BCUT2D eigenvalue weighted by Gasteiger charge is -2.14. The maximum atomic E-state index is 11.9. The second-order valence-electron chi connectivity index (χ2n) is 3.98. The number of hydrogen-bond donors (Lipinski definition) is 2. The Bertz CT molecular complexity index is 443. The molecule has 3 nitrogen and oxygen atoms in total. The monoisotopic (exact) mass is 342 g/mol. The van der Waals surface area contributed by atoms with Crippen molar-refractivity contribution in [3.05, 3.63) is 45.0 Å². The second-order valence-corrected chi connectivity index (χ2v) is 5.14. The van der Waals surface area contributed by atoms with E-state index in [0.29, 0.717) is 6.54 Å². The zero-order chi connectivity index (χ0) is 12.1. The second kappa shape index (κ2) is 6.16. The quantitative estimate of drug-likeness (QED) is 0.651. The summed E-state index contributed by atoms with van der Waals surface area (Å²) >= 11 is 2.18. The summed E-state index contributed by atoms with van der Waals surface area (Å²) in [7, 11) is 0. The maximum absolute atomic E-state index is 11.9. The van der Waals surface area contributed by atoms with Gasteiger partial charge < -0.3 is 10.6 Å². The molecule has 0 bridgehead atoms. The molecule has 1 heterocycles. The average molecular weight is 342 g/mol. The lowest BCUT2D eigenvalue weighted by molar-refractivity contribution is 0.0955. The van der Waals surface area contributed by atoms with Gasteiger partial charge in [-0.05, 0) is 47.7 Å². The van der Waals surface area contributed by atoms with Gasteiger partial charge >= 0.3 is 0 Å². The first-order valence-corrected chi connectivity index (χ1v) is 6.76. The number of benzene rings is 1. The molecule has 0 saturated heterocycles. The first-order chi connectivity index (χ1) is 8.27. The minimum atomic E-state index is 0.00873. The number of halogens is 1. The summed E-state index contributed by atoms with van der Waals surface area (Å²) in [5.41, 5.74) is 2.06. The molecule has 2 N–H and O–H groups in total. The van der Waals surface area contributed by atoms with Crippen LogP contribution in [0, 0.1) is 3.57 Å². The van der Waals surface area contributed by atoms with E-state index in [1.165, 1.54) is 5.57 Å². The molecular formula is C13H15IN2O. The Morgan fingerprint density at radius 1 is 1.41 bits per heavy atom. The number of amides is 1. The third kappa shape index (κ3) is 3.54. The molecule has 0 aliphatic carbocycles. The molecule has 0 atom stereocenters. The minimum absolute atomic E-state index is 0.00873. The minimum Gasteiger partial charge on any atom is -0.348 e. The van der Waals surface area contributed by atoms with E-state index in [1.54, 1.807) is 0 Å². The Balaban J connectivity index is 1.93. The van der Waals surface area contributed by atoms with Gasteiger partial charge in [-0.25, -0.2) is 0 Å². The molecule has 1 aromatic carbocycles. The highest BCUT2D eigenvalue weighted by atomic mass is 127. The predicted molar refractivity (Wildman–Crippen MR) is 77.1 cm³/mol. The molecule has 1 aromatic rings. The standard InChI is InChI=1S/C13H15IN2O/c14-12-4-2-1-3-11(12)13(17)16-9-10-5-7-15-8-6-10/h1-5,15H,6-9H2,(H,16,17). The van der Waals surface area contributed by atoms with E-state index in [1.807, 2.05) is 24.3 Å². The molecule has 2 rings (SSSR count). The van der Waals surface area contributed by atoms with E-state index < -0.39 is 0 Å². The van der Waals surface area contributed by atoms with Crippen LogP contribution in [0.2, 0.25) is 0 Å². The summed E-state index contributed by atoms with van der Waals surface area (Å²) in [5.74, 6) is 0.00873. The third-order valence-electron chi connectivity index (χ3n) is 2.75. The Kier molecular flexibility index (Phi) is 4.56. The van der Waals surface area contributed by atoms with Gasteiger partial charge in [0, 0.05) is 16.7 Å². The molecule has 0 unspecified atom stereocenters. The lowest BCUT2D eigenvalue weighted by Crippen LogP contribution is -2.30. The fourth-order valence-corrected chi connectivity index (χ4v) is 2.40. The summed E-state index contributed by atoms with van der Waals surface area (Å²) in [4.78, 5) is 11.9. The van der Waals surface area contributed by atoms with Crippen LogP contribution in [0.25, 0.3) is 0 Å². The summed E-state index contributed by atoms with van der Waals surface area (Å²) in [6.07, 6.45) is 3.17. The molecule has 0 spiro atoms. The molecule has 0 aromatic heterocycles. The molecule has 90 valence electrons. The van der Waals surface area contributed by atoms with E-state index in [-0.39, 0.29) is 5.91 Å². The molecule has 1 amide bonds. The van der Waals surface area contributed by atoms with Crippen LogP contribution < -0.4 is 10.6 Å². The van der Waals surface area contributed by atoms with Gasteiger partial charge in [-0.2, -0.15) is 0 Å². The number of rotatable bonds is 3. The lowest BCUT2D eigenvalue weighted by atomic mass is 10.1. The van der Waals surface area contributed by atoms with Crippen LogP contribution in [0.15, 0.2) is 35.9 Å². The molecule has 1 aliphatic rings. The fourth-order valence-electron chi connectivity index (χ4n) is 1.76. The van der Waals surface area contributed by atoms with Crippen molar-refractivity contribution in [1.29, 1.82) is 0 Å². The van der Waals surface area contributed by atoms with Crippen molar-refractivity contribution in [3.8, 4) is 0 Å². The molecule has 0 fully saturated rings. The van der Waals surface area contributed by atoms with E-state index >= 15 is 0 Å². The highest BCUT2D eigenvalue weighted by molar-refractivity contribution is 14.1. The smallest absolute Gasteiger partial charge is 0.252 e. The normalized spacial score (nSPS) is 15.2. The number of carbonyl (C=O) groups is 1. The van der Waals surface area contributed by atoms with Gasteiger partial charge in [0.1, 0.15) is 0 Å². The zero-order valence-electron chi connectivity index (χ0n) is 9.50. The van der Waals surface area contributed by atoms with Crippen LogP contribution in [0.3, 0.4) is 0 Å². The largest absolute Gasteiger partial charge is 0.348 e. The Hall–Kier alpha value is -0.880. The van der Waals surface area contributed by atoms with Crippen molar-refractivity contribution in [1.82, 2.24) is 10.6 Å². The van der Waals surface area contributed by atoms with Gasteiger partial charge in [0.15, 0.2) is 0 Å². The van der Waals surface area contributed by atoms with Crippen molar-refractivity contribution < 1.29 is 4.79 Å². The molecule has 17 heavy (non-hydrogen) atoms.